The van der Waals surface area contributed by atoms with Crippen molar-refractivity contribution in [3.05, 3.63) is 510 Å². The first-order valence-electron chi connectivity index (χ1n) is 48.5. The number of rotatable bonds is 14. The number of benzene rings is 19. The van der Waals surface area contributed by atoms with Crippen LogP contribution in [0.2, 0.25) is 0 Å². The molecule has 0 fully saturated rings. The number of fused-ring (bicyclic) bond motifs is 18. The Balaban J connectivity index is 0.000000108. The molecule has 0 radical (unpaired) electrons. The third-order valence-electron chi connectivity index (χ3n) is 28.0. The molecule has 0 N–H and O–H groups in total. The molecule has 11 heteroatoms. The summed E-state index contributed by atoms with van der Waals surface area (Å²) in [5.41, 5.74) is 38.2. The summed E-state index contributed by atoms with van der Waals surface area (Å²) in [7, 11) is 0. The minimum absolute atomic E-state index is 0.612. The van der Waals surface area contributed by atoms with Crippen molar-refractivity contribution >= 4 is 131 Å². The molecule has 0 saturated heterocycles. The smallest absolute Gasteiger partial charge is 0.234 e. The number of nitrogens with zero attached hydrogens (tertiary/aromatic N) is 8. The largest absolute Gasteiger partial charge is 0.456 e. The summed E-state index contributed by atoms with van der Waals surface area (Å²) < 4.78 is 25.2. The molecule has 0 saturated carbocycles. The van der Waals surface area contributed by atoms with Gasteiger partial charge in [-0.15, -0.1) is 0 Å². The first kappa shape index (κ1) is 83.8. The standard InChI is InChI=1S/C47H30N2O.C45H28N4O.C41H26N2O/c1-3-11-31(12-4-1)36-29-42(32-13-5-2-6-14-32)48-43(30-36)33-19-23-37(24-20-33)49-44-17-9-7-15-38(44)40-27-34(21-25-45(40)49)35-22-26-47-41(28-35)39-16-8-10-18-46(39)50-47;1-3-11-29(12-4-1)33-25-39(30-13-5-2-6-14-30)48-40(26-33)34-27-46-45(47-28-34)49-41-17-9-7-15-35(41)37-23-31(19-21-42(37)49)32-20-22-44-38(24-32)36-16-8-10-18-43(36)50-44;1-2-8-27(9-3-1)31-22-23-42-37(26-31)28-14-18-32(19-15-28)43-38-12-6-4-10-33(38)35-24-29(16-20-39(35)43)30-17-21-41-36(25-30)34-11-5-7-13-40(34)44-41/h1-30H;1-28H;1-26H. The van der Waals surface area contributed by atoms with Crippen LogP contribution in [0, 0.1) is 0 Å². The van der Waals surface area contributed by atoms with Gasteiger partial charge in [0.1, 0.15) is 33.5 Å². The zero-order valence-electron chi connectivity index (χ0n) is 77.8. The number of furan rings is 3. The van der Waals surface area contributed by atoms with E-state index in [1.54, 1.807) is 0 Å². The number of pyridine rings is 3. The molecular weight excluding hydrogens is 1760 g/mol. The summed E-state index contributed by atoms with van der Waals surface area (Å²) in [6.45, 7) is 0. The van der Waals surface area contributed by atoms with Gasteiger partial charge in [-0.05, 0) is 237 Å². The van der Waals surface area contributed by atoms with Crippen molar-refractivity contribution in [2.75, 3.05) is 0 Å². The van der Waals surface area contributed by atoms with Crippen LogP contribution in [-0.4, -0.2) is 38.6 Å². The molecule has 0 atom stereocenters. The molecule has 0 bridgehead atoms. The Kier molecular flexibility index (Phi) is 20.7. The molecule has 674 valence electrons. The normalized spacial score (nSPS) is 11.6. The summed E-state index contributed by atoms with van der Waals surface area (Å²) in [5, 5.41) is 14.0. The lowest BCUT2D eigenvalue weighted by Gasteiger charge is -2.12. The van der Waals surface area contributed by atoms with Gasteiger partial charge in [-0.3, -0.25) is 9.55 Å². The predicted molar refractivity (Wildman–Crippen MR) is 593 cm³/mol. The molecule has 0 amide bonds. The quantitative estimate of drug-likeness (QED) is 0.106. The highest BCUT2D eigenvalue weighted by Crippen LogP contribution is 2.45. The molecule has 0 aliphatic carbocycles. The number of para-hydroxylation sites is 6. The van der Waals surface area contributed by atoms with E-state index >= 15 is 0 Å². The van der Waals surface area contributed by atoms with E-state index in [4.69, 9.17) is 33.2 Å². The van der Waals surface area contributed by atoms with Gasteiger partial charge in [-0.2, -0.15) is 0 Å². The second-order valence-corrected chi connectivity index (χ2v) is 36.6. The fourth-order valence-corrected chi connectivity index (χ4v) is 20.9. The maximum absolute atomic E-state index is 6.10. The Morgan fingerprint density at radius 2 is 0.396 bits per heavy atom. The molecule has 29 aromatic rings. The Morgan fingerprint density at radius 1 is 0.146 bits per heavy atom. The highest BCUT2D eigenvalue weighted by molar-refractivity contribution is 6.15. The maximum Gasteiger partial charge on any atom is 0.234 e. The molecule has 19 aromatic carbocycles. The zero-order chi connectivity index (χ0) is 95.1. The minimum atomic E-state index is 0.612. The second-order valence-electron chi connectivity index (χ2n) is 36.6. The third-order valence-corrected chi connectivity index (χ3v) is 28.0. The van der Waals surface area contributed by atoms with Gasteiger partial charge in [0.2, 0.25) is 5.95 Å². The average Bonchev–Trinajstić information content (AvgIpc) is 1.71. The Labute approximate surface area is 827 Å². The van der Waals surface area contributed by atoms with Crippen LogP contribution in [0.5, 0.6) is 0 Å². The molecule has 29 rings (SSSR count). The van der Waals surface area contributed by atoms with Crippen LogP contribution in [0.25, 0.3) is 272 Å². The van der Waals surface area contributed by atoms with Crippen LogP contribution in [0.3, 0.4) is 0 Å². The van der Waals surface area contributed by atoms with Crippen molar-refractivity contribution in [3.63, 3.8) is 0 Å². The van der Waals surface area contributed by atoms with E-state index in [0.717, 1.165) is 189 Å². The van der Waals surface area contributed by atoms with Crippen molar-refractivity contribution in [2.45, 2.75) is 0 Å². The topological polar surface area (TPSA) is 119 Å². The highest BCUT2D eigenvalue weighted by Gasteiger charge is 2.23. The first-order chi connectivity index (χ1) is 71.3. The monoisotopic (exact) mass is 1840 g/mol. The summed E-state index contributed by atoms with van der Waals surface area (Å²) in [4.78, 5) is 24.8. The predicted octanol–water partition coefficient (Wildman–Crippen LogP) is 35.4. The lowest BCUT2D eigenvalue weighted by Crippen LogP contribution is -2.01. The van der Waals surface area contributed by atoms with Crippen LogP contribution in [0.1, 0.15) is 0 Å². The minimum Gasteiger partial charge on any atom is -0.456 e. The van der Waals surface area contributed by atoms with E-state index in [-0.39, 0.29) is 0 Å². The molecular formula is C133H84N8O3. The van der Waals surface area contributed by atoms with Gasteiger partial charge in [0.25, 0.3) is 0 Å². The molecule has 0 spiro atoms. The lowest BCUT2D eigenvalue weighted by molar-refractivity contribution is 0.668. The summed E-state index contributed by atoms with van der Waals surface area (Å²) >= 11 is 0. The maximum atomic E-state index is 6.10. The van der Waals surface area contributed by atoms with Crippen LogP contribution in [0.15, 0.2) is 523 Å². The molecule has 11 nitrogen and oxygen atoms in total. The zero-order valence-corrected chi connectivity index (χ0v) is 77.8. The van der Waals surface area contributed by atoms with Crippen LogP contribution in [-0.2, 0) is 0 Å². The average molecular weight is 1840 g/mol. The number of hydrogen-bond donors (Lipinski definition) is 0. The SMILES string of the molecule is c1ccc(-c2cc(-c3ccccc3)nc(-c3ccc(-n4c5ccccc5c5cc(-c6ccc7oc8ccccc8c7c6)ccc54)cc3)c2)cc1.c1ccc(-c2cc(-c3ccccc3)nc(-c3cnc(-n4c5ccccc5c5cc(-c6ccc7oc8ccccc8c7c6)ccc54)nc3)c2)cc1.c1ccc(-c2ccnc(-c3ccc(-n4c5ccccc5c5cc(-c6ccc7oc8ccccc8c7c6)ccc54)cc3)c2)cc1. The van der Waals surface area contributed by atoms with Crippen LogP contribution >= 0.6 is 0 Å². The van der Waals surface area contributed by atoms with Crippen LogP contribution < -0.4 is 0 Å². The second kappa shape index (κ2) is 35.5. The summed E-state index contributed by atoms with van der Waals surface area (Å²) in [5.74, 6) is 0.612. The molecule has 0 aliphatic heterocycles. The van der Waals surface area contributed by atoms with Crippen molar-refractivity contribution in [1.29, 1.82) is 0 Å². The van der Waals surface area contributed by atoms with Gasteiger partial charge < -0.3 is 22.4 Å². The van der Waals surface area contributed by atoms with Gasteiger partial charge in [0, 0.05) is 122 Å². The van der Waals surface area contributed by atoms with Gasteiger partial charge >= 0.3 is 0 Å². The fourth-order valence-electron chi connectivity index (χ4n) is 20.9. The summed E-state index contributed by atoms with van der Waals surface area (Å²) in [6.07, 6.45) is 5.66. The Hall–Kier alpha value is -19.5. The fraction of sp³-hybridized carbons (Fsp3) is 0. The van der Waals surface area contributed by atoms with Gasteiger partial charge in [-0.1, -0.05) is 322 Å². The number of hydrogen-bond acceptors (Lipinski definition) is 8. The van der Waals surface area contributed by atoms with Crippen molar-refractivity contribution in [2.24, 2.45) is 0 Å². The molecule has 0 unspecified atom stereocenters. The summed E-state index contributed by atoms with van der Waals surface area (Å²) in [6, 6.07) is 173. The highest BCUT2D eigenvalue weighted by atomic mass is 16.3. The van der Waals surface area contributed by atoms with E-state index < -0.39 is 0 Å². The first-order valence-corrected chi connectivity index (χ1v) is 48.5. The third kappa shape index (κ3) is 15.2. The van der Waals surface area contributed by atoms with Crippen molar-refractivity contribution < 1.29 is 13.3 Å². The van der Waals surface area contributed by atoms with E-state index in [2.05, 4.69) is 437 Å². The van der Waals surface area contributed by atoms with Crippen molar-refractivity contribution in [3.8, 4) is 140 Å². The molecule has 10 aromatic heterocycles. The van der Waals surface area contributed by atoms with Gasteiger partial charge in [0.05, 0.1) is 61.6 Å². The van der Waals surface area contributed by atoms with Crippen molar-refractivity contribution in [1.82, 2.24) is 38.6 Å². The van der Waals surface area contributed by atoms with Gasteiger partial charge in [0.15, 0.2) is 0 Å². The molecule has 0 aliphatic rings. The van der Waals surface area contributed by atoms with Crippen LogP contribution in [0.4, 0.5) is 0 Å². The Morgan fingerprint density at radius 3 is 0.771 bits per heavy atom. The van der Waals surface area contributed by atoms with E-state index in [9.17, 15) is 0 Å². The van der Waals surface area contributed by atoms with E-state index in [1.165, 1.54) is 77.0 Å². The van der Waals surface area contributed by atoms with E-state index in [0.29, 0.717) is 5.95 Å². The number of aromatic nitrogens is 8. The molecule has 144 heavy (non-hydrogen) atoms. The van der Waals surface area contributed by atoms with E-state index in [1.807, 2.05) is 91.4 Å². The molecule has 10 heterocycles. The Bertz CT molecular complexity index is 9490. The lowest BCUT2D eigenvalue weighted by atomic mass is 10.00. The van der Waals surface area contributed by atoms with Gasteiger partial charge in [-0.25, -0.2) is 19.9 Å².